The van der Waals surface area contributed by atoms with Crippen LogP contribution in [0.1, 0.15) is 53.9 Å². The number of nitrogens with one attached hydrogen (secondary N) is 1. The summed E-state index contributed by atoms with van der Waals surface area (Å²) in [5, 5.41) is 2.61. The number of hydrogen-bond donors (Lipinski definition) is 1. The number of carbonyl (C=O) groups is 2. The third-order valence-corrected chi connectivity index (χ3v) is 3.00. The maximum Gasteiger partial charge on any atom is 0.410 e. The highest BCUT2D eigenvalue weighted by atomic mass is 16.6. The van der Waals surface area contributed by atoms with Gasteiger partial charge in [-0.2, -0.15) is 0 Å². The highest BCUT2D eigenvalue weighted by Gasteiger charge is 2.26. The Morgan fingerprint density at radius 3 is 2.19 bits per heavy atom. The van der Waals surface area contributed by atoms with Gasteiger partial charge < -0.3 is 19.7 Å². The summed E-state index contributed by atoms with van der Waals surface area (Å²) in [6, 6.07) is 0.0788. The monoisotopic (exact) mass is 302 g/mol. The van der Waals surface area contributed by atoms with E-state index < -0.39 is 5.60 Å². The third kappa shape index (κ3) is 8.55. The SMILES string of the molecule is CCC(CC)N(CCC(=O)NCOC)C(=O)OC(C)(C)C. The molecule has 1 N–H and O–H groups in total. The number of ether oxygens (including phenoxy) is 2. The zero-order valence-corrected chi connectivity index (χ0v) is 14.2. The summed E-state index contributed by atoms with van der Waals surface area (Å²) >= 11 is 0. The van der Waals surface area contributed by atoms with Gasteiger partial charge in [-0.3, -0.25) is 4.79 Å². The van der Waals surface area contributed by atoms with E-state index >= 15 is 0 Å². The van der Waals surface area contributed by atoms with E-state index in [-0.39, 0.29) is 31.2 Å². The minimum Gasteiger partial charge on any atom is -0.444 e. The molecule has 6 heteroatoms. The fourth-order valence-corrected chi connectivity index (χ4v) is 1.94. The molecule has 0 saturated heterocycles. The van der Waals surface area contributed by atoms with Crippen LogP contribution < -0.4 is 5.32 Å². The van der Waals surface area contributed by atoms with Crippen LogP contribution in [0.25, 0.3) is 0 Å². The van der Waals surface area contributed by atoms with Crippen molar-refractivity contribution in [3.63, 3.8) is 0 Å². The minimum atomic E-state index is -0.542. The van der Waals surface area contributed by atoms with Gasteiger partial charge in [-0.25, -0.2) is 4.79 Å². The molecule has 0 aliphatic heterocycles. The molecule has 0 saturated carbocycles. The number of nitrogens with zero attached hydrogens (tertiary/aromatic N) is 1. The lowest BCUT2D eigenvalue weighted by molar-refractivity contribution is -0.122. The summed E-state index contributed by atoms with van der Waals surface area (Å²) in [6.07, 6.45) is 1.53. The predicted octanol–water partition coefficient (Wildman–Crippen LogP) is 2.52. The molecule has 21 heavy (non-hydrogen) atoms. The molecule has 0 aromatic carbocycles. The molecule has 124 valence electrons. The Balaban J connectivity index is 4.67. The van der Waals surface area contributed by atoms with E-state index in [1.807, 2.05) is 34.6 Å². The average Bonchev–Trinajstić information content (AvgIpc) is 2.38. The number of carbonyl (C=O) groups excluding carboxylic acids is 2. The quantitative estimate of drug-likeness (QED) is 0.700. The van der Waals surface area contributed by atoms with Crippen LogP contribution in [-0.4, -0.2) is 48.9 Å². The van der Waals surface area contributed by atoms with Crippen molar-refractivity contribution in [2.75, 3.05) is 20.4 Å². The molecule has 6 nitrogen and oxygen atoms in total. The Morgan fingerprint density at radius 1 is 1.19 bits per heavy atom. The van der Waals surface area contributed by atoms with Gasteiger partial charge in [0.05, 0.1) is 0 Å². The van der Waals surface area contributed by atoms with E-state index in [1.165, 1.54) is 7.11 Å². The molecule has 0 radical (unpaired) electrons. The Bertz CT molecular complexity index is 322. The van der Waals surface area contributed by atoms with Crippen LogP contribution in [0.4, 0.5) is 4.79 Å². The molecule has 0 rings (SSSR count). The number of methoxy groups -OCH3 is 1. The first-order valence-electron chi connectivity index (χ1n) is 7.50. The Kier molecular flexibility index (Phi) is 9.01. The van der Waals surface area contributed by atoms with Crippen LogP contribution >= 0.6 is 0 Å². The van der Waals surface area contributed by atoms with E-state index in [2.05, 4.69) is 5.32 Å². The van der Waals surface area contributed by atoms with Crippen LogP contribution in [0, 0.1) is 0 Å². The molecule has 0 aromatic rings. The summed E-state index contributed by atoms with van der Waals surface area (Å²) in [7, 11) is 1.51. The summed E-state index contributed by atoms with van der Waals surface area (Å²) in [5.41, 5.74) is -0.542. The maximum absolute atomic E-state index is 12.3. The van der Waals surface area contributed by atoms with Crippen LogP contribution in [0.3, 0.4) is 0 Å². The minimum absolute atomic E-state index is 0.0788. The topological polar surface area (TPSA) is 67.9 Å². The highest BCUT2D eigenvalue weighted by molar-refractivity contribution is 5.77. The Morgan fingerprint density at radius 2 is 1.76 bits per heavy atom. The zero-order chi connectivity index (χ0) is 16.5. The van der Waals surface area contributed by atoms with Gasteiger partial charge in [0.15, 0.2) is 0 Å². The van der Waals surface area contributed by atoms with Crippen LogP contribution in [0.2, 0.25) is 0 Å². The maximum atomic E-state index is 12.3. The Labute approximate surface area is 128 Å². The fraction of sp³-hybridized carbons (Fsp3) is 0.867. The standard InChI is InChI=1S/C15H30N2O4/c1-7-12(8-2)17(14(19)21-15(3,4)5)10-9-13(18)16-11-20-6/h12H,7-11H2,1-6H3,(H,16,18). The second kappa shape index (κ2) is 9.60. The van der Waals surface area contributed by atoms with Crippen molar-refractivity contribution in [2.45, 2.75) is 65.5 Å². The molecule has 0 atom stereocenters. The predicted molar refractivity (Wildman–Crippen MR) is 81.9 cm³/mol. The van der Waals surface area contributed by atoms with Crippen LogP contribution in [0.5, 0.6) is 0 Å². The van der Waals surface area contributed by atoms with Crippen molar-refractivity contribution in [1.82, 2.24) is 10.2 Å². The van der Waals surface area contributed by atoms with Crippen LogP contribution in [0.15, 0.2) is 0 Å². The van der Waals surface area contributed by atoms with E-state index in [1.54, 1.807) is 4.90 Å². The van der Waals surface area contributed by atoms with Crippen molar-refractivity contribution in [3.05, 3.63) is 0 Å². The molecule has 0 bridgehead atoms. The van der Waals surface area contributed by atoms with Gasteiger partial charge in [0.2, 0.25) is 5.91 Å². The lowest BCUT2D eigenvalue weighted by Gasteiger charge is -2.32. The number of amides is 2. The molecule has 0 unspecified atom stereocenters. The smallest absolute Gasteiger partial charge is 0.410 e. The zero-order valence-electron chi connectivity index (χ0n) is 14.2. The molecular weight excluding hydrogens is 272 g/mol. The van der Waals surface area contributed by atoms with E-state index in [9.17, 15) is 9.59 Å². The number of rotatable bonds is 8. The molecular formula is C15H30N2O4. The van der Waals surface area contributed by atoms with Gasteiger partial charge >= 0.3 is 6.09 Å². The normalized spacial score (nSPS) is 11.4. The van der Waals surface area contributed by atoms with Gasteiger partial charge in [0.25, 0.3) is 0 Å². The lowest BCUT2D eigenvalue weighted by Crippen LogP contribution is -2.44. The van der Waals surface area contributed by atoms with Crippen molar-refractivity contribution >= 4 is 12.0 Å². The van der Waals surface area contributed by atoms with Crippen molar-refractivity contribution in [3.8, 4) is 0 Å². The highest BCUT2D eigenvalue weighted by Crippen LogP contribution is 2.15. The molecule has 0 aliphatic carbocycles. The molecule has 0 heterocycles. The summed E-state index contributed by atoms with van der Waals surface area (Å²) < 4.78 is 10.2. The van der Waals surface area contributed by atoms with Crippen molar-refractivity contribution in [1.29, 1.82) is 0 Å². The first kappa shape index (κ1) is 19.7. The second-order valence-corrected chi connectivity index (χ2v) is 5.93. The average molecular weight is 302 g/mol. The van der Waals surface area contributed by atoms with Crippen molar-refractivity contribution in [2.24, 2.45) is 0 Å². The molecule has 2 amide bonds. The summed E-state index contributed by atoms with van der Waals surface area (Å²) in [6.45, 7) is 10.1. The molecule has 0 fully saturated rings. The summed E-state index contributed by atoms with van der Waals surface area (Å²) in [4.78, 5) is 25.6. The first-order valence-corrected chi connectivity index (χ1v) is 7.50. The Hall–Kier alpha value is -1.30. The third-order valence-electron chi connectivity index (χ3n) is 3.00. The van der Waals surface area contributed by atoms with E-state index in [4.69, 9.17) is 9.47 Å². The van der Waals surface area contributed by atoms with Gasteiger partial charge in [0.1, 0.15) is 12.3 Å². The van der Waals surface area contributed by atoms with Gasteiger partial charge in [-0.1, -0.05) is 13.8 Å². The van der Waals surface area contributed by atoms with E-state index in [0.29, 0.717) is 6.54 Å². The van der Waals surface area contributed by atoms with Crippen LogP contribution in [-0.2, 0) is 14.3 Å². The van der Waals surface area contributed by atoms with Gasteiger partial charge in [-0.15, -0.1) is 0 Å². The van der Waals surface area contributed by atoms with Gasteiger partial charge in [0, 0.05) is 26.1 Å². The first-order chi connectivity index (χ1) is 9.75. The number of hydrogen-bond acceptors (Lipinski definition) is 4. The fourth-order valence-electron chi connectivity index (χ4n) is 1.94. The van der Waals surface area contributed by atoms with Gasteiger partial charge in [-0.05, 0) is 33.6 Å². The molecule has 0 aromatic heterocycles. The van der Waals surface area contributed by atoms with E-state index in [0.717, 1.165) is 12.8 Å². The lowest BCUT2D eigenvalue weighted by atomic mass is 10.1. The summed E-state index contributed by atoms with van der Waals surface area (Å²) in [5.74, 6) is -0.142. The largest absolute Gasteiger partial charge is 0.444 e. The second-order valence-electron chi connectivity index (χ2n) is 5.93. The van der Waals surface area contributed by atoms with Crippen molar-refractivity contribution < 1.29 is 19.1 Å². The molecule has 0 spiro atoms. The molecule has 0 aliphatic rings.